The minimum absolute atomic E-state index is 0.230. The Labute approximate surface area is 185 Å². The first-order valence-electron chi connectivity index (χ1n) is 10.9. The van der Waals surface area contributed by atoms with E-state index in [1.807, 2.05) is 47.2 Å². The molecule has 3 aromatic heterocycles. The average molecular weight is 422 g/mol. The van der Waals surface area contributed by atoms with E-state index in [1.165, 1.54) is 0 Å². The summed E-state index contributed by atoms with van der Waals surface area (Å²) in [5.41, 5.74) is 5.60. The second kappa shape index (κ2) is 7.60. The Hall–Kier alpha value is -4.00. The fourth-order valence-corrected chi connectivity index (χ4v) is 3.85. The fourth-order valence-electron chi connectivity index (χ4n) is 3.85. The number of benzene rings is 2. The Bertz CT molecular complexity index is 1430. The third-order valence-electron chi connectivity index (χ3n) is 5.66. The summed E-state index contributed by atoms with van der Waals surface area (Å²) >= 11 is 0. The van der Waals surface area contributed by atoms with Gasteiger partial charge < -0.3 is 14.6 Å². The molecule has 1 fully saturated rings. The third kappa shape index (κ3) is 3.41. The van der Waals surface area contributed by atoms with Crippen LogP contribution in [0.2, 0.25) is 0 Å². The highest BCUT2D eigenvalue weighted by atomic mass is 16.5. The van der Waals surface area contributed by atoms with Crippen LogP contribution in [0.5, 0.6) is 5.88 Å². The van der Waals surface area contributed by atoms with Crippen LogP contribution < -0.4 is 10.1 Å². The number of hydrogen-bond donors (Lipinski definition) is 1. The number of hydrogen-bond acceptors (Lipinski definition) is 6. The minimum atomic E-state index is 0.230. The van der Waals surface area contributed by atoms with Crippen molar-refractivity contribution in [3.63, 3.8) is 0 Å². The topological polar surface area (TPSA) is 77.8 Å². The minimum Gasteiger partial charge on any atom is -0.473 e. The third-order valence-corrected chi connectivity index (χ3v) is 5.66. The van der Waals surface area contributed by atoms with Crippen LogP contribution in [-0.4, -0.2) is 30.6 Å². The van der Waals surface area contributed by atoms with E-state index in [1.54, 1.807) is 6.33 Å². The molecule has 7 heteroatoms. The van der Waals surface area contributed by atoms with Crippen LogP contribution in [0, 0.1) is 0 Å². The molecule has 6 rings (SSSR count). The van der Waals surface area contributed by atoms with E-state index in [2.05, 4.69) is 45.4 Å². The van der Waals surface area contributed by atoms with Crippen molar-refractivity contribution >= 4 is 33.7 Å². The molecule has 1 aliphatic rings. The van der Waals surface area contributed by atoms with Gasteiger partial charge in [-0.2, -0.15) is 9.97 Å². The molecule has 0 bridgehead atoms. The lowest BCUT2D eigenvalue weighted by molar-refractivity contribution is 0.294. The van der Waals surface area contributed by atoms with E-state index in [4.69, 9.17) is 9.72 Å². The van der Waals surface area contributed by atoms with Crippen molar-refractivity contribution in [2.45, 2.75) is 32.4 Å². The monoisotopic (exact) mass is 422 g/mol. The van der Waals surface area contributed by atoms with Gasteiger partial charge in [0, 0.05) is 23.8 Å². The predicted octanol–water partition coefficient (Wildman–Crippen LogP) is 5.35. The molecule has 0 aliphatic heterocycles. The summed E-state index contributed by atoms with van der Waals surface area (Å²) in [6.07, 6.45) is 5.98. The SMILES string of the molecule is CCn1cnc2c(OC3CC3)nc(Nc3ccc4nccc(-c5ccccc5)c4c3)nc21. The number of nitrogens with zero attached hydrogens (tertiary/aromatic N) is 5. The highest BCUT2D eigenvalue weighted by Gasteiger charge is 2.26. The Morgan fingerprint density at radius 2 is 1.91 bits per heavy atom. The maximum Gasteiger partial charge on any atom is 0.247 e. The Morgan fingerprint density at radius 3 is 2.72 bits per heavy atom. The zero-order chi connectivity index (χ0) is 21.5. The number of ether oxygens (including phenoxy) is 1. The van der Waals surface area contributed by atoms with E-state index >= 15 is 0 Å². The van der Waals surface area contributed by atoms with Crippen LogP contribution in [0.15, 0.2) is 67.1 Å². The molecule has 0 radical (unpaired) electrons. The summed E-state index contributed by atoms with van der Waals surface area (Å²) in [5, 5.41) is 4.44. The average Bonchev–Trinajstić information content (AvgIpc) is 3.55. The number of imidazole rings is 1. The lowest BCUT2D eigenvalue weighted by Crippen LogP contribution is -2.05. The second-order valence-electron chi connectivity index (χ2n) is 7.95. The molecule has 0 unspecified atom stereocenters. The van der Waals surface area contributed by atoms with Crippen molar-refractivity contribution in [1.82, 2.24) is 24.5 Å². The van der Waals surface area contributed by atoms with Crippen molar-refractivity contribution in [2.75, 3.05) is 5.32 Å². The van der Waals surface area contributed by atoms with Gasteiger partial charge in [-0.1, -0.05) is 30.3 Å². The molecule has 0 saturated heterocycles. The first kappa shape index (κ1) is 18.7. The summed E-state index contributed by atoms with van der Waals surface area (Å²) in [6, 6.07) is 18.5. The summed E-state index contributed by atoms with van der Waals surface area (Å²) in [7, 11) is 0. The molecule has 0 spiro atoms. The Balaban J connectivity index is 1.42. The highest BCUT2D eigenvalue weighted by Crippen LogP contribution is 2.32. The first-order valence-corrected chi connectivity index (χ1v) is 10.9. The van der Waals surface area contributed by atoms with Gasteiger partial charge in [-0.25, -0.2) is 4.98 Å². The van der Waals surface area contributed by atoms with Crippen LogP contribution in [0.4, 0.5) is 11.6 Å². The van der Waals surface area contributed by atoms with Gasteiger partial charge in [0.1, 0.15) is 6.10 Å². The van der Waals surface area contributed by atoms with E-state index < -0.39 is 0 Å². The van der Waals surface area contributed by atoms with Crippen LogP contribution >= 0.6 is 0 Å². The van der Waals surface area contributed by atoms with Gasteiger partial charge in [-0.15, -0.1) is 0 Å². The molecule has 0 atom stereocenters. The fraction of sp³-hybridized carbons (Fsp3) is 0.200. The van der Waals surface area contributed by atoms with Gasteiger partial charge in [0.2, 0.25) is 11.8 Å². The Morgan fingerprint density at radius 1 is 1.03 bits per heavy atom. The summed E-state index contributed by atoms with van der Waals surface area (Å²) in [5.74, 6) is 1.03. The zero-order valence-electron chi connectivity index (χ0n) is 17.7. The smallest absolute Gasteiger partial charge is 0.247 e. The maximum atomic E-state index is 6.05. The highest BCUT2D eigenvalue weighted by molar-refractivity contribution is 5.96. The van der Waals surface area contributed by atoms with E-state index in [-0.39, 0.29) is 6.10 Å². The molecule has 32 heavy (non-hydrogen) atoms. The summed E-state index contributed by atoms with van der Waals surface area (Å²) < 4.78 is 8.04. The van der Waals surface area contributed by atoms with Crippen molar-refractivity contribution in [1.29, 1.82) is 0 Å². The molecular weight excluding hydrogens is 400 g/mol. The van der Waals surface area contributed by atoms with E-state index in [0.29, 0.717) is 17.3 Å². The first-order chi connectivity index (χ1) is 15.8. The standard InChI is InChI=1S/C25H22N6O/c1-2-31-15-27-22-23(31)29-25(30-24(22)32-18-9-10-18)28-17-8-11-21-20(14-17)19(12-13-26-21)16-6-4-3-5-7-16/h3-8,11-15,18H,2,9-10H2,1H3,(H,28,29,30). The van der Waals surface area contributed by atoms with Crippen molar-refractivity contribution in [3.8, 4) is 17.0 Å². The molecule has 3 heterocycles. The molecule has 0 amide bonds. The molecule has 1 aliphatic carbocycles. The molecule has 2 aromatic carbocycles. The number of aryl methyl sites for hydroxylation is 1. The van der Waals surface area contributed by atoms with E-state index in [0.717, 1.165) is 52.8 Å². The quantitative estimate of drug-likeness (QED) is 0.398. The molecule has 1 N–H and O–H groups in total. The molecular formula is C25H22N6O. The number of rotatable bonds is 6. The normalized spacial score (nSPS) is 13.5. The van der Waals surface area contributed by atoms with Gasteiger partial charge in [0.05, 0.1) is 11.8 Å². The van der Waals surface area contributed by atoms with Gasteiger partial charge in [0.25, 0.3) is 0 Å². The number of aromatic nitrogens is 5. The molecule has 158 valence electrons. The van der Waals surface area contributed by atoms with Crippen molar-refractivity contribution in [2.24, 2.45) is 0 Å². The number of pyridine rings is 1. The lowest BCUT2D eigenvalue weighted by Gasteiger charge is -2.11. The van der Waals surface area contributed by atoms with Gasteiger partial charge >= 0.3 is 0 Å². The van der Waals surface area contributed by atoms with Gasteiger partial charge in [-0.3, -0.25) is 4.98 Å². The largest absolute Gasteiger partial charge is 0.473 e. The Kier molecular flexibility index (Phi) is 4.45. The van der Waals surface area contributed by atoms with Crippen LogP contribution in [0.3, 0.4) is 0 Å². The maximum absolute atomic E-state index is 6.05. The van der Waals surface area contributed by atoms with E-state index in [9.17, 15) is 0 Å². The number of nitrogens with one attached hydrogen (secondary N) is 1. The van der Waals surface area contributed by atoms with Gasteiger partial charge in [-0.05, 0) is 55.2 Å². The molecule has 1 saturated carbocycles. The van der Waals surface area contributed by atoms with Crippen LogP contribution in [-0.2, 0) is 6.54 Å². The lowest BCUT2D eigenvalue weighted by atomic mass is 10.0. The number of anilines is 2. The van der Waals surface area contributed by atoms with Crippen molar-refractivity contribution < 1.29 is 4.74 Å². The number of fused-ring (bicyclic) bond motifs is 2. The second-order valence-corrected chi connectivity index (χ2v) is 7.95. The van der Waals surface area contributed by atoms with Crippen LogP contribution in [0.25, 0.3) is 33.2 Å². The van der Waals surface area contributed by atoms with Crippen molar-refractivity contribution in [3.05, 3.63) is 67.1 Å². The van der Waals surface area contributed by atoms with Crippen LogP contribution in [0.1, 0.15) is 19.8 Å². The molecule has 7 nitrogen and oxygen atoms in total. The summed E-state index contributed by atoms with van der Waals surface area (Å²) in [6.45, 7) is 2.84. The molecule has 5 aromatic rings. The zero-order valence-corrected chi connectivity index (χ0v) is 17.7. The summed E-state index contributed by atoms with van der Waals surface area (Å²) in [4.78, 5) is 18.4. The predicted molar refractivity (Wildman–Crippen MR) is 125 cm³/mol. The van der Waals surface area contributed by atoms with Gasteiger partial charge in [0.15, 0.2) is 11.2 Å².